The molecule has 0 aliphatic heterocycles. The minimum absolute atomic E-state index is 0.0930. The Labute approximate surface area is 159 Å². The lowest BCUT2D eigenvalue weighted by Gasteiger charge is -2.09. The third-order valence-electron chi connectivity index (χ3n) is 4.00. The van der Waals surface area contributed by atoms with Gasteiger partial charge in [-0.25, -0.2) is 9.97 Å². The predicted molar refractivity (Wildman–Crippen MR) is 104 cm³/mol. The molecule has 1 N–H and O–H groups in total. The van der Waals surface area contributed by atoms with Gasteiger partial charge in [0.05, 0.1) is 16.5 Å². The standard InChI is InChI=1S/C19H15ClN4OS/c20-14-5-3-4-13(8-14)9-21-18(25)10-24-17-7-2-1-6-15(17)23-19(24)16-11-26-12-22-16/h1-8,11-12H,9-10H2,(H,21,25). The van der Waals surface area contributed by atoms with Gasteiger partial charge in [0.15, 0.2) is 5.82 Å². The zero-order chi connectivity index (χ0) is 17.9. The maximum Gasteiger partial charge on any atom is 0.240 e. The molecule has 0 bridgehead atoms. The largest absolute Gasteiger partial charge is 0.350 e. The Hall–Kier alpha value is -2.70. The summed E-state index contributed by atoms with van der Waals surface area (Å²) in [5, 5.41) is 5.53. The summed E-state index contributed by atoms with van der Waals surface area (Å²) < 4.78 is 1.90. The van der Waals surface area contributed by atoms with Crippen LogP contribution in [0.15, 0.2) is 59.4 Å². The number of fused-ring (bicyclic) bond motifs is 1. The molecular formula is C19H15ClN4OS. The highest BCUT2D eigenvalue weighted by atomic mass is 35.5. The number of amides is 1. The maximum absolute atomic E-state index is 12.5. The van der Waals surface area contributed by atoms with Crippen molar-refractivity contribution in [1.29, 1.82) is 0 Å². The molecule has 5 nitrogen and oxygen atoms in total. The highest BCUT2D eigenvalue weighted by molar-refractivity contribution is 7.07. The van der Waals surface area contributed by atoms with Gasteiger partial charge in [0.25, 0.3) is 0 Å². The first-order valence-electron chi connectivity index (χ1n) is 8.06. The Morgan fingerprint density at radius 2 is 2.08 bits per heavy atom. The lowest BCUT2D eigenvalue weighted by Crippen LogP contribution is -2.27. The van der Waals surface area contributed by atoms with Gasteiger partial charge in [-0.15, -0.1) is 11.3 Å². The minimum Gasteiger partial charge on any atom is -0.350 e. The number of hydrogen-bond donors (Lipinski definition) is 1. The molecule has 0 radical (unpaired) electrons. The predicted octanol–water partition coefficient (Wildman–Crippen LogP) is 4.13. The zero-order valence-electron chi connectivity index (χ0n) is 13.7. The minimum atomic E-state index is -0.0930. The van der Waals surface area contributed by atoms with Crippen molar-refractivity contribution in [2.75, 3.05) is 0 Å². The second kappa shape index (κ2) is 7.27. The molecular weight excluding hydrogens is 368 g/mol. The van der Waals surface area contributed by atoms with E-state index in [4.69, 9.17) is 11.6 Å². The zero-order valence-corrected chi connectivity index (χ0v) is 15.3. The molecule has 2 aromatic heterocycles. The van der Waals surface area contributed by atoms with Crippen molar-refractivity contribution in [3.05, 3.63) is 70.0 Å². The second-order valence-electron chi connectivity index (χ2n) is 5.79. The molecule has 0 fully saturated rings. The molecule has 26 heavy (non-hydrogen) atoms. The van der Waals surface area contributed by atoms with Crippen LogP contribution in [0.3, 0.4) is 0 Å². The molecule has 4 aromatic rings. The Kier molecular flexibility index (Phi) is 4.69. The van der Waals surface area contributed by atoms with Gasteiger partial charge in [-0.2, -0.15) is 0 Å². The molecule has 1 amide bonds. The first-order valence-corrected chi connectivity index (χ1v) is 9.38. The van der Waals surface area contributed by atoms with E-state index in [1.54, 1.807) is 5.51 Å². The SMILES string of the molecule is O=C(Cn1c(-c2cscn2)nc2ccccc21)NCc1cccc(Cl)c1. The number of imidazole rings is 1. The molecule has 0 aliphatic carbocycles. The summed E-state index contributed by atoms with van der Waals surface area (Å²) in [6, 6.07) is 15.2. The molecule has 0 saturated carbocycles. The maximum atomic E-state index is 12.5. The number of benzene rings is 2. The van der Waals surface area contributed by atoms with Crippen molar-refractivity contribution in [3.63, 3.8) is 0 Å². The van der Waals surface area contributed by atoms with E-state index in [-0.39, 0.29) is 12.5 Å². The second-order valence-corrected chi connectivity index (χ2v) is 6.95. The third kappa shape index (κ3) is 3.47. The molecule has 2 heterocycles. The van der Waals surface area contributed by atoms with Gasteiger partial charge in [-0.1, -0.05) is 35.9 Å². The molecule has 0 aliphatic rings. The van der Waals surface area contributed by atoms with Crippen molar-refractivity contribution in [2.24, 2.45) is 0 Å². The molecule has 0 atom stereocenters. The van der Waals surface area contributed by atoms with Crippen LogP contribution in [0.4, 0.5) is 0 Å². The number of rotatable bonds is 5. The van der Waals surface area contributed by atoms with Gasteiger partial charge in [-0.05, 0) is 29.8 Å². The third-order valence-corrected chi connectivity index (χ3v) is 4.82. The topological polar surface area (TPSA) is 59.8 Å². The summed E-state index contributed by atoms with van der Waals surface area (Å²) in [5.41, 5.74) is 5.25. The molecule has 7 heteroatoms. The summed E-state index contributed by atoms with van der Waals surface area (Å²) >= 11 is 7.49. The van der Waals surface area contributed by atoms with Gasteiger partial charge < -0.3 is 9.88 Å². The van der Waals surface area contributed by atoms with E-state index in [1.807, 2.05) is 58.5 Å². The van der Waals surface area contributed by atoms with Crippen molar-refractivity contribution >= 4 is 39.9 Å². The average molecular weight is 383 g/mol. The van der Waals surface area contributed by atoms with Gasteiger partial charge in [0.2, 0.25) is 5.91 Å². The Morgan fingerprint density at radius 3 is 2.88 bits per heavy atom. The molecule has 2 aromatic carbocycles. The lowest BCUT2D eigenvalue weighted by atomic mass is 10.2. The Balaban J connectivity index is 1.58. The number of nitrogens with one attached hydrogen (secondary N) is 1. The van der Waals surface area contributed by atoms with E-state index >= 15 is 0 Å². The van der Waals surface area contributed by atoms with Gasteiger partial charge >= 0.3 is 0 Å². The van der Waals surface area contributed by atoms with Crippen molar-refractivity contribution in [3.8, 4) is 11.5 Å². The summed E-state index contributed by atoms with van der Waals surface area (Å²) in [7, 11) is 0. The van der Waals surface area contributed by atoms with E-state index in [0.717, 1.165) is 22.3 Å². The average Bonchev–Trinajstić information content (AvgIpc) is 3.28. The van der Waals surface area contributed by atoms with Crippen LogP contribution in [0.2, 0.25) is 5.02 Å². The molecule has 130 valence electrons. The number of thiazole rings is 1. The summed E-state index contributed by atoms with van der Waals surface area (Å²) in [4.78, 5) is 21.5. The molecule has 4 rings (SSSR count). The number of halogens is 1. The van der Waals surface area contributed by atoms with Crippen molar-refractivity contribution in [2.45, 2.75) is 13.1 Å². The van der Waals surface area contributed by atoms with Crippen LogP contribution in [-0.2, 0) is 17.9 Å². The quantitative estimate of drug-likeness (QED) is 0.564. The van der Waals surface area contributed by atoms with Crippen LogP contribution >= 0.6 is 22.9 Å². The van der Waals surface area contributed by atoms with E-state index in [1.165, 1.54) is 11.3 Å². The molecule has 0 saturated heterocycles. The van der Waals surface area contributed by atoms with Gasteiger partial charge in [0.1, 0.15) is 12.2 Å². The highest BCUT2D eigenvalue weighted by Gasteiger charge is 2.16. The summed E-state index contributed by atoms with van der Waals surface area (Å²) in [6.45, 7) is 0.603. The number of carbonyl (C=O) groups excluding carboxylic acids is 1. The van der Waals surface area contributed by atoms with Crippen molar-refractivity contribution < 1.29 is 4.79 Å². The van der Waals surface area contributed by atoms with Crippen LogP contribution in [0.25, 0.3) is 22.6 Å². The van der Waals surface area contributed by atoms with E-state index < -0.39 is 0 Å². The van der Waals surface area contributed by atoms with E-state index in [2.05, 4.69) is 15.3 Å². The molecule has 0 spiro atoms. The first kappa shape index (κ1) is 16.8. The number of para-hydroxylation sites is 2. The van der Waals surface area contributed by atoms with Crippen molar-refractivity contribution in [1.82, 2.24) is 19.9 Å². The number of aromatic nitrogens is 3. The monoisotopic (exact) mass is 382 g/mol. The Bertz CT molecular complexity index is 1060. The van der Waals surface area contributed by atoms with Crippen LogP contribution < -0.4 is 5.32 Å². The number of carbonyl (C=O) groups is 1. The highest BCUT2D eigenvalue weighted by Crippen LogP contribution is 2.24. The summed E-state index contributed by atoms with van der Waals surface area (Å²) in [5.74, 6) is 0.606. The van der Waals surface area contributed by atoms with Crippen LogP contribution in [0.5, 0.6) is 0 Å². The van der Waals surface area contributed by atoms with E-state index in [0.29, 0.717) is 17.4 Å². The Morgan fingerprint density at radius 1 is 1.19 bits per heavy atom. The molecule has 0 unspecified atom stereocenters. The van der Waals surface area contributed by atoms with Gasteiger partial charge in [0, 0.05) is 16.9 Å². The number of nitrogens with zero attached hydrogens (tertiary/aromatic N) is 3. The number of hydrogen-bond acceptors (Lipinski definition) is 4. The van der Waals surface area contributed by atoms with Crippen LogP contribution in [0.1, 0.15) is 5.56 Å². The smallest absolute Gasteiger partial charge is 0.240 e. The fourth-order valence-electron chi connectivity index (χ4n) is 2.80. The van der Waals surface area contributed by atoms with Crippen LogP contribution in [0, 0.1) is 0 Å². The fraction of sp³-hybridized carbons (Fsp3) is 0.105. The first-order chi connectivity index (χ1) is 12.7. The van der Waals surface area contributed by atoms with E-state index in [9.17, 15) is 4.79 Å². The lowest BCUT2D eigenvalue weighted by molar-refractivity contribution is -0.121. The summed E-state index contributed by atoms with van der Waals surface area (Å²) in [6.07, 6.45) is 0. The van der Waals surface area contributed by atoms with Crippen LogP contribution in [-0.4, -0.2) is 20.4 Å². The fourth-order valence-corrected chi connectivity index (χ4v) is 3.54. The normalized spacial score (nSPS) is 11.0. The van der Waals surface area contributed by atoms with Gasteiger partial charge in [-0.3, -0.25) is 4.79 Å².